The lowest BCUT2D eigenvalue weighted by atomic mass is 10.2. The van der Waals surface area contributed by atoms with E-state index in [0.29, 0.717) is 13.1 Å². The molecule has 8 heteroatoms. The van der Waals surface area contributed by atoms with Gasteiger partial charge in [-0.3, -0.25) is 4.68 Å². The Morgan fingerprint density at radius 3 is 2.88 bits per heavy atom. The molecule has 1 fully saturated rings. The molecule has 2 amide bonds. The van der Waals surface area contributed by atoms with Gasteiger partial charge in [0.1, 0.15) is 5.82 Å². The Morgan fingerprint density at radius 1 is 1.36 bits per heavy atom. The minimum absolute atomic E-state index is 0.117. The Morgan fingerprint density at radius 2 is 2.16 bits per heavy atom. The fourth-order valence-corrected chi connectivity index (χ4v) is 2.75. The molecule has 1 saturated heterocycles. The molecule has 1 N–H and O–H groups in total. The number of aromatic nitrogens is 3. The first-order chi connectivity index (χ1) is 12.1. The SMILES string of the molecule is CN(Cc1cnn(C)c1)C(=O)NCc1ccnc(N2CCOCC2)c1. The van der Waals surface area contributed by atoms with Crippen molar-refractivity contribution in [3.05, 3.63) is 41.9 Å². The van der Waals surface area contributed by atoms with Crippen LogP contribution in [-0.2, 0) is 24.9 Å². The average molecular weight is 344 g/mol. The molecule has 25 heavy (non-hydrogen) atoms. The van der Waals surface area contributed by atoms with E-state index in [1.807, 2.05) is 25.4 Å². The molecule has 0 atom stereocenters. The number of anilines is 1. The molecular weight excluding hydrogens is 320 g/mol. The highest BCUT2D eigenvalue weighted by molar-refractivity contribution is 5.73. The number of morpholine rings is 1. The monoisotopic (exact) mass is 344 g/mol. The van der Waals surface area contributed by atoms with E-state index in [-0.39, 0.29) is 6.03 Å². The normalized spacial score (nSPS) is 14.4. The summed E-state index contributed by atoms with van der Waals surface area (Å²) in [5, 5.41) is 7.06. The number of carbonyl (C=O) groups is 1. The summed E-state index contributed by atoms with van der Waals surface area (Å²) in [5.74, 6) is 0.929. The number of pyridine rings is 1. The molecule has 0 bridgehead atoms. The van der Waals surface area contributed by atoms with Crippen molar-refractivity contribution >= 4 is 11.8 Å². The molecule has 0 unspecified atom stereocenters. The summed E-state index contributed by atoms with van der Waals surface area (Å²) in [6.45, 7) is 4.13. The van der Waals surface area contributed by atoms with E-state index in [4.69, 9.17) is 4.74 Å². The average Bonchev–Trinajstić information content (AvgIpc) is 3.05. The summed E-state index contributed by atoms with van der Waals surface area (Å²) in [6, 6.07) is 3.83. The Balaban J connectivity index is 1.52. The summed E-state index contributed by atoms with van der Waals surface area (Å²) in [5.41, 5.74) is 2.03. The number of hydrogen-bond acceptors (Lipinski definition) is 5. The van der Waals surface area contributed by atoms with E-state index in [2.05, 4.69) is 20.3 Å². The third-order valence-corrected chi connectivity index (χ3v) is 4.11. The van der Waals surface area contributed by atoms with Crippen LogP contribution in [0.3, 0.4) is 0 Å². The fraction of sp³-hybridized carbons (Fsp3) is 0.471. The molecule has 0 saturated carbocycles. The first-order valence-electron chi connectivity index (χ1n) is 8.36. The summed E-state index contributed by atoms with van der Waals surface area (Å²) >= 11 is 0. The van der Waals surface area contributed by atoms with Crippen molar-refractivity contribution < 1.29 is 9.53 Å². The van der Waals surface area contributed by atoms with Crippen LogP contribution in [0.25, 0.3) is 0 Å². The molecule has 3 rings (SSSR count). The maximum absolute atomic E-state index is 12.3. The minimum atomic E-state index is -0.117. The molecule has 0 aromatic carbocycles. The second kappa shape index (κ2) is 7.98. The van der Waals surface area contributed by atoms with Gasteiger partial charge in [0, 0.05) is 51.7 Å². The standard InChI is InChI=1S/C17H24N6O2/c1-21(12-15-11-20-22(2)13-15)17(24)19-10-14-3-4-18-16(9-14)23-5-7-25-8-6-23/h3-4,9,11,13H,5-8,10,12H2,1-2H3,(H,19,24). The van der Waals surface area contributed by atoms with Crippen LogP contribution in [0.5, 0.6) is 0 Å². The van der Waals surface area contributed by atoms with Crippen LogP contribution in [0, 0.1) is 0 Å². The number of nitrogens with one attached hydrogen (secondary N) is 1. The zero-order chi connectivity index (χ0) is 17.6. The molecule has 3 heterocycles. The predicted octanol–water partition coefficient (Wildman–Crippen LogP) is 0.993. The molecule has 8 nitrogen and oxygen atoms in total. The first kappa shape index (κ1) is 17.2. The van der Waals surface area contributed by atoms with E-state index in [0.717, 1.165) is 43.2 Å². The van der Waals surface area contributed by atoms with E-state index in [1.165, 1.54) is 0 Å². The van der Waals surface area contributed by atoms with Gasteiger partial charge in [-0.2, -0.15) is 5.10 Å². The van der Waals surface area contributed by atoms with Gasteiger partial charge in [0.05, 0.1) is 26.0 Å². The van der Waals surface area contributed by atoms with Gasteiger partial charge in [-0.1, -0.05) is 0 Å². The molecule has 134 valence electrons. The number of rotatable bonds is 5. The Hall–Kier alpha value is -2.61. The van der Waals surface area contributed by atoms with Crippen LogP contribution in [0.2, 0.25) is 0 Å². The minimum Gasteiger partial charge on any atom is -0.378 e. The highest BCUT2D eigenvalue weighted by atomic mass is 16.5. The Labute approximate surface area is 147 Å². The summed E-state index contributed by atoms with van der Waals surface area (Å²) < 4.78 is 7.10. The molecule has 0 aliphatic carbocycles. The Kier molecular flexibility index (Phi) is 5.49. The number of hydrogen-bond donors (Lipinski definition) is 1. The van der Waals surface area contributed by atoms with Crippen LogP contribution in [0.15, 0.2) is 30.7 Å². The molecule has 0 spiro atoms. The number of ether oxygens (including phenoxy) is 1. The summed E-state index contributed by atoms with van der Waals surface area (Å²) in [7, 11) is 3.63. The molecule has 2 aromatic rings. The van der Waals surface area contributed by atoms with Crippen molar-refractivity contribution in [1.82, 2.24) is 25.0 Å². The van der Waals surface area contributed by atoms with Gasteiger partial charge in [0.2, 0.25) is 0 Å². The van der Waals surface area contributed by atoms with Crippen LogP contribution >= 0.6 is 0 Å². The number of aryl methyl sites for hydroxylation is 1. The lowest BCUT2D eigenvalue weighted by Crippen LogP contribution is -2.37. The van der Waals surface area contributed by atoms with Crippen molar-refractivity contribution in [3.63, 3.8) is 0 Å². The highest BCUT2D eigenvalue weighted by Crippen LogP contribution is 2.14. The van der Waals surface area contributed by atoms with Gasteiger partial charge in [0.25, 0.3) is 0 Å². The van der Waals surface area contributed by atoms with Gasteiger partial charge >= 0.3 is 6.03 Å². The van der Waals surface area contributed by atoms with Crippen molar-refractivity contribution in [2.24, 2.45) is 7.05 Å². The first-order valence-corrected chi connectivity index (χ1v) is 8.36. The summed E-state index contributed by atoms with van der Waals surface area (Å²) in [6.07, 6.45) is 5.45. The molecular formula is C17H24N6O2. The largest absolute Gasteiger partial charge is 0.378 e. The maximum Gasteiger partial charge on any atom is 0.317 e. The number of urea groups is 1. The predicted molar refractivity (Wildman–Crippen MR) is 94.2 cm³/mol. The van der Waals surface area contributed by atoms with Gasteiger partial charge in [0.15, 0.2) is 0 Å². The third-order valence-electron chi connectivity index (χ3n) is 4.11. The van der Waals surface area contributed by atoms with Crippen molar-refractivity contribution in [2.75, 3.05) is 38.3 Å². The summed E-state index contributed by atoms with van der Waals surface area (Å²) in [4.78, 5) is 20.5. The highest BCUT2D eigenvalue weighted by Gasteiger charge is 2.13. The van der Waals surface area contributed by atoms with Gasteiger partial charge in [-0.25, -0.2) is 9.78 Å². The quantitative estimate of drug-likeness (QED) is 0.876. The molecule has 1 aliphatic rings. The van der Waals surface area contributed by atoms with E-state index in [9.17, 15) is 4.79 Å². The van der Waals surface area contributed by atoms with Crippen molar-refractivity contribution in [3.8, 4) is 0 Å². The Bertz CT molecular complexity index is 711. The molecule has 0 radical (unpaired) electrons. The maximum atomic E-state index is 12.3. The smallest absolute Gasteiger partial charge is 0.317 e. The van der Waals surface area contributed by atoms with E-state index >= 15 is 0 Å². The second-order valence-corrected chi connectivity index (χ2v) is 6.16. The van der Waals surface area contributed by atoms with Gasteiger partial charge in [-0.05, 0) is 17.7 Å². The van der Waals surface area contributed by atoms with Crippen LogP contribution in [0.4, 0.5) is 10.6 Å². The molecule has 2 aromatic heterocycles. The second-order valence-electron chi connectivity index (χ2n) is 6.16. The van der Waals surface area contributed by atoms with Crippen molar-refractivity contribution in [2.45, 2.75) is 13.1 Å². The number of amides is 2. The van der Waals surface area contributed by atoms with E-state index in [1.54, 1.807) is 29.0 Å². The van der Waals surface area contributed by atoms with Crippen LogP contribution < -0.4 is 10.2 Å². The number of nitrogens with zero attached hydrogens (tertiary/aromatic N) is 5. The van der Waals surface area contributed by atoms with Gasteiger partial charge in [-0.15, -0.1) is 0 Å². The topological polar surface area (TPSA) is 75.5 Å². The van der Waals surface area contributed by atoms with Gasteiger partial charge < -0.3 is 19.9 Å². The van der Waals surface area contributed by atoms with E-state index < -0.39 is 0 Å². The third kappa shape index (κ3) is 4.69. The van der Waals surface area contributed by atoms with Crippen LogP contribution in [0.1, 0.15) is 11.1 Å². The zero-order valence-electron chi connectivity index (χ0n) is 14.7. The molecule has 1 aliphatic heterocycles. The lowest BCUT2D eigenvalue weighted by Gasteiger charge is -2.28. The fourth-order valence-electron chi connectivity index (χ4n) is 2.75. The van der Waals surface area contributed by atoms with Crippen molar-refractivity contribution in [1.29, 1.82) is 0 Å². The lowest BCUT2D eigenvalue weighted by molar-refractivity contribution is 0.122. The van der Waals surface area contributed by atoms with Crippen LogP contribution in [-0.4, -0.2) is 59.0 Å². The zero-order valence-corrected chi connectivity index (χ0v) is 14.7. The number of carbonyl (C=O) groups excluding carboxylic acids is 1.